The Bertz CT molecular complexity index is 740. The van der Waals surface area contributed by atoms with Crippen LogP contribution in [0.4, 0.5) is 5.82 Å². The normalized spacial score (nSPS) is 10.9. The molecule has 0 aliphatic carbocycles. The fraction of sp³-hybridized carbons (Fsp3) is 0.0714. The molecule has 2 aromatic heterocycles. The molecular weight excluding hydrogens is 238 g/mol. The Morgan fingerprint density at radius 1 is 1.42 bits per heavy atom. The molecule has 0 unspecified atom stereocenters. The van der Waals surface area contributed by atoms with Gasteiger partial charge in [-0.15, -0.1) is 0 Å². The zero-order valence-electron chi connectivity index (χ0n) is 10.6. The fourth-order valence-corrected chi connectivity index (χ4v) is 1.50. The average molecular weight is 251 g/mol. The molecule has 2 heterocycles. The van der Waals surface area contributed by atoms with Crippen molar-refractivity contribution in [1.29, 1.82) is 0 Å². The summed E-state index contributed by atoms with van der Waals surface area (Å²) in [6.45, 7) is 7.28. The number of aryl methyl sites for hydroxylation is 1. The van der Waals surface area contributed by atoms with Crippen LogP contribution < -0.4 is 5.73 Å². The predicted octanol–water partition coefficient (Wildman–Crippen LogP) is 1.60. The Hall–Kier alpha value is -2.87. The van der Waals surface area contributed by atoms with Crippen molar-refractivity contribution in [2.24, 2.45) is 7.05 Å². The smallest absolute Gasteiger partial charge is 0.209 e. The van der Waals surface area contributed by atoms with Crippen LogP contribution in [0.25, 0.3) is 11.2 Å². The summed E-state index contributed by atoms with van der Waals surface area (Å²) >= 11 is 0. The molecule has 0 aromatic carbocycles. The van der Waals surface area contributed by atoms with E-state index >= 15 is 0 Å². The van der Waals surface area contributed by atoms with Gasteiger partial charge in [-0.1, -0.05) is 31.2 Å². The molecule has 0 bridgehead atoms. The van der Waals surface area contributed by atoms with Crippen molar-refractivity contribution in [1.82, 2.24) is 19.5 Å². The molecule has 0 aliphatic heterocycles. The van der Waals surface area contributed by atoms with Crippen molar-refractivity contribution in [2.45, 2.75) is 0 Å². The molecule has 0 fully saturated rings. The van der Waals surface area contributed by atoms with E-state index in [4.69, 9.17) is 5.73 Å². The Balaban J connectivity index is 2.50. The van der Waals surface area contributed by atoms with E-state index in [0.717, 1.165) is 5.57 Å². The lowest BCUT2D eigenvalue weighted by Crippen LogP contribution is -1.99. The van der Waals surface area contributed by atoms with Crippen LogP contribution in [0.5, 0.6) is 0 Å². The molecule has 94 valence electrons. The van der Waals surface area contributed by atoms with Gasteiger partial charge in [0, 0.05) is 12.6 Å². The zero-order valence-corrected chi connectivity index (χ0v) is 10.6. The van der Waals surface area contributed by atoms with Gasteiger partial charge >= 0.3 is 0 Å². The van der Waals surface area contributed by atoms with Gasteiger partial charge in [0.1, 0.15) is 5.52 Å². The molecule has 19 heavy (non-hydrogen) atoms. The number of aromatic nitrogens is 4. The summed E-state index contributed by atoms with van der Waals surface area (Å²) < 4.78 is 1.77. The van der Waals surface area contributed by atoms with Gasteiger partial charge in [-0.2, -0.15) is 0 Å². The summed E-state index contributed by atoms with van der Waals surface area (Å²) in [5.41, 5.74) is 7.80. The van der Waals surface area contributed by atoms with E-state index in [1.807, 2.05) is 7.05 Å². The molecule has 0 saturated heterocycles. The van der Waals surface area contributed by atoms with Crippen LogP contribution in [0, 0.1) is 11.8 Å². The Labute approximate surface area is 111 Å². The van der Waals surface area contributed by atoms with Crippen LogP contribution in [0.2, 0.25) is 0 Å². The van der Waals surface area contributed by atoms with Gasteiger partial charge in [0.2, 0.25) is 5.82 Å². The first-order chi connectivity index (χ1) is 9.15. The molecule has 2 N–H and O–H groups in total. The van der Waals surface area contributed by atoms with Gasteiger partial charge in [-0.05, 0) is 12.0 Å². The summed E-state index contributed by atoms with van der Waals surface area (Å²) in [6, 6.07) is 0. The summed E-state index contributed by atoms with van der Waals surface area (Å²) in [6.07, 6.45) is 6.68. The Morgan fingerprint density at radius 2 is 2.21 bits per heavy atom. The number of hydrogen-bond donors (Lipinski definition) is 1. The highest BCUT2D eigenvalue weighted by molar-refractivity contribution is 5.81. The zero-order chi connectivity index (χ0) is 13.8. The van der Waals surface area contributed by atoms with E-state index < -0.39 is 0 Å². The number of nitrogen functional groups attached to an aromatic ring is 1. The second-order valence-electron chi connectivity index (χ2n) is 3.77. The summed E-state index contributed by atoms with van der Waals surface area (Å²) in [7, 11) is 1.84. The molecule has 0 radical (unpaired) electrons. The number of anilines is 1. The topological polar surface area (TPSA) is 69.6 Å². The maximum Gasteiger partial charge on any atom is 0.209 e. The number of hydrogen-bond acceptors (Lipinski definition) is 4. The lowest BCUT2D eigenvalue weighted by Gasteiger charge is -1.97. The highest BCUT2D eigenvalue weighted by Gasteiger charge is 2.07. The van der Waals surface area contributed by atoms with Gasteiger partial charge < -0.3 is 10.3 Å². The molecule has 0 spiro atoms. The second-order valence-corrected chi connectivity index (χ2v) is 3.77. The highest BCUT2D eigenvalue weighted by Crippen LogP contribution is 2.14. The first-order valence-corrected chi connectivity index (χ1v) is 5.57. The average Bonchev–Trinajstić information content (AvgIpc) is 2.77. The third-order valence-electron chi connectivity index (χ3n) is 2.42. The first-order valence-electron chi connectivity index (χ1n) is 5.57. The fourth-order valence-electron chi connectivity index (χ4n) is 1.50. The highest BCUT2D eigenvalue weighted by atomic mass is 15.1. The van der Waals surface area contributed by atoms with Crippen LogP contribution in [0.1, 0.15) is 5.82 Å². The monoisotopic (exact) mass is 251 g/mol. The van der Waals surface area contributed by atoms with E-state index in [1.54, 1.807) is 29.1 Å². The first kappa shape index (κ1) is 12.6. The van der Waals surface area contributed by atoms with Crippen molar-refractivity contribution in [3.8, 4) is 11.8 Å². The van der Waals surface area contributed by atoms with E-state index in [2.05, 4.69) is 40.0 Å². The minimum Gasteiger partial charge on any atom is -0.382 e. The van der Waals surface area contributed by atoms with Gasteiger partial charge in [0.05, 0.1) is 6.33 Å². The Morgan fingerprint density at radius 3 is 2.89 bits per heavy atom. The van der Waals surface area contributed by atoms with Crippen LogP contribution in [-0.4, -0.2) is 19.5 Å². The molecule has 0 amide bonds. The number of imidazole rings is 1. The molecule has 0 aliphatic rings. The lowest BCUT2D eigenvalue weighted by molar-refractivity contribution is 0.926. The van der Waals surface area contributed by atoms with Crippen molar-refractivity contribution in [3.63, 3.8) is 0 Å². The number of rotatable bonds is 2. The van der Waals surface area contributed by atoms with Gasteiger partial charge in [-0.3, -0.25) is 0 Å². The standard InChI is InChI=1S/C14H13N5/c1-4-6-10(5-2)7-8-11-17-13(15)12-14(18-11)19(3)9-16-12/h4-6,9H,1-2H2,3H3,(H2,15,17,18)/b10-6+. The maximum atomic E-state index is 5.82. The van der Waals surface area contributed by atoms with E-state index in [-0.39, 0.29) is 0 Å². The predicted molar refractivity (Wildman–Crippen MR) is 76.1 cm³/mol. The minimum atomic E-state index is 0.322. The molecular formula is C14H13N5. The quantitative estimate of drug-likeness (QED) is 0.650. The number of nitrogens with zero attached hydrogens (tertiary/aromatic N) is 4. The third kappa shape index (κ3) is 2.53. The van der Waals surface area contributed by atoms with Gasteiger partial charge in [0.15, 0.2) is 11.5 Å². The third-order valence-corrected chi connectivity index (χ3v) is 2.42. The van der Waals surface area contributed by atoms with Gasteiger partial charge in [0.25, 0.3) is 0 Å². The van der Waals surface area contributed by atoms with Gasteiger partial charge in [-0.25, -0.2) is 15.0 Å². The van der Waals surface area contributed by atoms with Crippen LogP contribution >= 0.6 is 0 Å². The van der Waals surface area contributed by atoms with Crippen molar-refractivity contribution in [3.05, 3.63) is 49.1 Å². The second kappa shape index (κ2) is 5.19. The van der Waals surface area contributed by atoms with Crippen LogP contribution in [0.3, 0.4) is 0 Å². The van der Waals surface area contributed by atoms with Crippen molar-refractivity contribution < 1.29 is 0 Å². The van der Waals surface area contributed by atoms with Crippen LogP contribution in [-0.2, 0) is 7.05 Å². The molecule has 2 aromatic rings. The van der Waals surface area contributed by atoms with E-state index in [0.29, 0.717) is 22.8 Å². The van der Waals surface area contributed by atoms with E-state index in [9.17, 15) is 0 Å². The molecule has 0 atom stereocenters. The summed E-state index contributed by atoms with van der Waals surface area (Å²) in [5.74, 6) is 6.43. The number of fused-ring (bicyclic) bond motifs is 1. The number of nitrogens with two attached hydrogens (primary N) is 1. The molecule has 5 heteroatoms. The summed E-state index contributed by atoms with van der Waals surface area (Å²) in [5, 5.41) is 0. The SMILES string of the molecule is C=C/C=C(/C#Cc1nc(N)c2ncn(C)c2n1)C=C. The van der Waals surface area contributed by atoms with Crippen molar-refractivity contribution in [2.75, 3.05) is 5.73 Å². The lowest BCUT2D eigenvalue weighted by atomic mass is 10.2. The molecule has 2 rings (SSSR count). The van der Waals surface area contributed by atoms with Crippen molar-refractivity contribution >= 4 is 17.0 Å². The number of allylic oxidation sites excluding steroid dienone is 4. The molecule has 5 nitrogen and oxygen atoms in total. The summed E-state index contributed by atoms with van der Waals surface area (Å²) in [4.78, 5) is 12.5. The Kier molecular flexibility index (Phi) is 3.44. The van der Waals surface area contributed by atoms with E-state index in [1.165, 1.54) is 0 Å². The van der Waals surface area contributed by atoms with Crippen LogP contribution in [0.15, 0.2) is 43.3 Å². The maximum absolute atomic E-state index is 5.82. The molecule has 0 saturated carbocycles. The minimum absolute atomic E-state index is 0.322. The largest absolute Gasteiger partial charge is 0.382 e.